The van der Waals surface area contributed by atoms with Crippen LogP contribution in [-0.2, 0) is 28.6 Å². The number of aromatic nitrogens is 2. The zero-order chi connectivity index (χ0) is 34.9. The molecule has 0 saturated carbocycles. The van der Waals surface area contributed by atoms with Gasteiger partial charge in [0.15, 0.2) is 0 Å². The van der Waals surface area contributed by atoms with Crippen LogP contribution in [0.15, 0.2) is 48.8 Å². The summed E-state index contributed by atoms with van der Waals surface area (Å²) in [5.41, 5.74) is 6.11. The molecule has 3 aliphatic heterocycles. The molecule has 2 fully saturated rings. The van der Waals surface area contributed by atoms with E-state index in [2.05, 4.69) is 14.9 Å². The fourth-order valence-corrected chi connectivity index (χ4v) is 7.70. The van der Waals surface area contributed by atoms with Gasteiger partial charge in [0.05, 0.1) is 22.2 Å². The summed E-state index contributed by atoms with van der Waals surface area (Å²) < 4.78 is 43.5. The van der Waals surface area contributed by atoms with Crippen LogP contribution in [0, 0.1) is 12.8 Å². The predicted octanol–water partition coefficient (Wildman–Crippen LogP) is 5.94. The first-order valence-electron chi connectivity index (χ1n) is 16.8. The maximum atomic E-state index is 14.0. The number of nitrogens with one attached hydrogen (secondary N) is 1. The quantitative estimate of drug-likeness (QED) is 0.296. The molecule has 0 radical (unpaired) electrons. The van der Waals surface area contributed by atoms with Crippen LogP contribution in [0.1, 0.15) is 60.7 Å². The summed E-state index contributed by atoms with van der Waals surface area (Å²) in [7, 11) is 0. The Morgan fingerprint density at radius 2 is 1.69 bits per heavy atom. The summed E-state index contributed by atoms with van der Waals surface area (Å²) in [6.45, 7) is 4.21. The Balaban J connectivity index is 1.14. The fourth-order valence-electron chi connectivity index (χ4n) is 7.46. The number of fused-ring (bicyclic) bond motifs is 1. The Labute approximate surface area is 288 Å². The number of carbonyl (C=O) groups is 3. The second kappa shape index (κ2) is 14.3. The number of halogens is 4. The lowest BCUT2D eigenvalue weighted by molar-refractivity contribution is -0.142. The predicted molar refractivity (Wildman–Crippen MR) is 180 cm³/mol. The second-order valence-corrected chi connectivity index (χ2v) is 13.6. The summed E-state index contributed by atoms with van der Waals surface area (Å²) in [5, 5.41) is 2.75. The number of nitrogens with two attached hydrogens (primary N) is 1. The molecule has 3 N–H and O–H groups in total. The van der Waals surface area contributed by atoms with Gasteiger partial charge in [-0.05, 0) is 74.8 Å². The van der Waals surface area contributed by atoms with E-state index in [9.17, 15) is 27.6 Å². The largest absolute Gasteiger partial charge is 0.418 e. The highest BCUT2D eigenvalue weighted by Gasteiger charge is 2.37. The molecule has 0 spiro atoms. The number of hydrogen-bond donors (Lipinski definition) is 2. The van der Waals surface area contributed by atoms with Crippen molar-refractivity contribution >= 4 is 40.8 Å². The van der Waals surface area contributed by atoms with Crippen molar-refractivity contribution < 1.29 is 27.6 Å². The first-order valence-corrected chi connectivity index (χ1v) is 17.1. The second-order valence-electron chi connectivity index (χ2n) is 13.2. The number of aryl methyl sites for hydroxylation is 1. The minimum absolute atomic E-state index is 0.0473. The average molecular weight is 700 g/mol. The number of hydrogen-bond acceptors (Lipinski definition) is 5. The zero-order valence-corrected chi connectivity index (χ0v) is 28.1. The number of amides is 4. The van der Waals surface area contributed by atoms with E-state index in [-0.39, 0.29) is 53.4 Å². The van der Waals surface area contributed by atoms with Crippen LogP contribution in [0.3, 0.4) is 0 Å². The minimum Gasteiger partial charge on any atom is -0.397 e. The number of piperidine rings is 2. The first-order chi connectivity index (χ1) is 23.4. The van der Waals surface area contributed by atoms with Gasteiger partial charge in [-0.1, -0.05) is 29.8 Å². The molecule has 2 aromatic carbocycles. The van der Waals surface area contributed by atoms with Crippen molar-refractivity contribution in [2.45, 2.75) is 70.1 Å². The number of benzene rings is 2. The molecule has 14 heteroatoms. The summed E-state index contributed by atoms with van der Waals surface area (Å²) in [6, 6.07) is 9.98. The van der Waals surface area contributed by atoms with E-state index in [1.807, 2.05) is 42.3 Å². The average Bonchev–Trinajstić information content (AvgIpc) is 3.43. The lowest BCUT2D eigenvalue weighted by Crippen LogP contribution is -2.50. The molecule has 4 heterocycles. The maximum Gasteiger partial charge on any atom is 0.418 e. The van der Waals surface area contributed by atoms with Gasteiger partial charge in [-0.2, -0.15) is 13.2 Å². The van der Waals surface area contributed by atoms with Gasteiger partial charge in [0.2, 0.25) is 11.8 Å². The third-order valence-corrected chi connectivity index (χ3v) is 10.5. The SMILES string of the molecule is Cc1nccn1C1CCN(C(=O)[C@H](CC(=O)N2CCC(N3CCc4ccccc4NC3=O)CC2)Cc2cc(Cl)c(N)c(C(F)(F)F)c2)CC1. The lowest BCUT2D eigenvalue weighted by atomic mass is 9.91. The van der Waals surface area contributed by atoms with Gasteiger partial charge < -0.3 is 30.3 Å². The van der Waals surface area contributed by atoms with Crippen molar-refractivity contribution in [2.75, 3.05) is 43.8 Å². The molecule has 4 amide bonds. The number of anilines is 2. The Morgan fingerprint density at radius 1 is 1.02 bits per heavy atom. The van der Waals surface area contributed by atoms with Gasteiger partial charge in [0.1, 0.15) is 5.82 Å². The van der Waals surface area contributed by atoms with Gasteiger partial charge in [0.25, 0.3) is 0 Å². The van der Waals surface area contributed by atoms with Gasteiger partial charge >= 0.3 is 12.2 Å². The minimum atomic E-state index is -4.73. The van der Waals surface area contributed by atoms with Crippen LogP contribution in [0.25, 0.3) is 0 Å². The number of carbonyl (C=O) groups excluding carboxylic acids is 3. The molecule has 3 aromatic rings. The summed E-state index contributed by atoms with van der Waals surface area (Å²) >= 11 is 6.13. The molecule has 0 bridgehead atoms. The molecular formula is C35H41ClF3N7O3. The number of nitrogen functional groups attached to an aromatic ring is 1. The molecule has 0 unspecified atom stereocenters. The van der Waals surface area contributed by atoms with Crippen LogP contribution >= 0.6 is 11.6 Å². The smallest absolute Gasteiger partial charge is 0.397 e. The number of likely N-dealkylation sites (tertiary alicyclic amines) is 2. The van der Waals surface area contributed by atoms with Crippen molar-refractivity contribution in [3.05, 3.63) is 76.3 Å². The molecule has 262 valence electrons. The third-order valence-electron chi connectivity index (χ3n) is 10.2. The highest BCUT2D eigenvalue weighted by molar-refractivity contribution is 6.33. The van der Waals surface area contributed by atoms with E-state index < -0.39 is 23.3 Å². The lowest BCUT2D eigenvalue weighted by Gasteiger charge is -2.39. The van der Waals surface area contributed by atoms with Crippen LogP contribution in [-0.4, -0.2) is 80.9 Å². The monoisotopic (exact) mass is 699 g/mol. The number of rotatable bonds is 7. The fraction of sp³-hybridized carbons (Fsp3) is 0.486. The summed E-state index contributed by atoms with van der Waals surface area (Å²) in [5.74, 6) is -0.524. The van der Waals surface area contributed by atoms with E-state index in [0.29, 0.717) is 58.4 Å². The molecule has 1 aromatic heterocycles. The Bertz CT molecular complexity index is 1700. The van der Waals surface area contributed by atoms with Gasteiger partial charge in [-0.15, -0.1) is 0 Å². The maximum absolute atomic E-state index is 14.0. The molecule has 0 aliphatic carbocycles. The van der Waals surface area contributed by atoms with Crippen molar-refractivity contribution in [3.63, 3.8) is 0 Å². The Morgan fingerprint density at radius 3 is 2.37 bits per heavy atom. The molecule has 6 rings (SSSR count). The normalized spacial score (nSPS) is 18.6. The highest BCUT2D eigenvalue weighted by atomic mass is 35.5. The van der Waals surface area contributed by atoms with Crippen molar-refractivity contribution in [1.82, 2.24) is 24.3 Å². The van der Waals surface area contributed by atoms with E-state index in [0.717, 1.165) is 29.6 Å². The number of imidazole rings is 1. The number of nitrogens with zero attached hydrogens (tertiary/aromatic N) is 5. The van der Waals surface area contributed by atoms with Crippen molar-refractivity contribution in [3.8, 4) is 0 Å². The first kappa shape index (κ1) is 34.6. The van der Waals surface area contributed by atoms with Crippen LogP contribution in [0.5, 0.6) is 0 Å². The van der Waals surface area contributed by atoms with Crippen LogP contribution in [0.4, 0.5) is 29.3 Å². The summed E-state index contributed by atoms with van der Waals surface area (Å²) in [6.07, 6.45) is 1.94. The van der Waals surface area contributed by atoms with Crippen LogP contribution < -0.4 is 11.1 Å². The van der Waals surface area contributed by atoms with Crippen LogP contribution in [0.2, 0.25) is 5.02 Å². The topological polar surface area (TPSA) is 117 Å². The molecular weight excluding hydrogens is 659 g/mol. The molecule has 3 aliphatic rings. The van der Waals surface area contributed by atoms with E-state index >= 15 is 0 Å². The number of urea groups is 1. The standard InChI is InChI=1S/C35H41ClF3N7O3/c1-22-41-11-17-45(22)26-9-14-44(15-10-26)33(48)25(18-23-19-28(35(37,38)39)32(40)29(36)20-23)21-31(47)43-12-7-27(8-13-43)46-16-6-24-4-2-3-5-30(24)42-34(46)49/h2-5,11,17,19-20,25-27H,6-10,12-16,18,21,40H2,1H3,(H,42,49)/t25-/m0/s1. The number of alkyl halides is 3. The Hall–Kier alpha value is -4.26. The van der Waals surface area contributed by atoms with E-state index in [1.54, 1.807) is 16.0 Å². The number of para-hydroxylation sites is 1. The van der Waals surface area contributed by atoms with Gasteiger partial charge in [-0.3, -0.25) is 9.59 Å². The third kappa shape index (κ3) is 7.66. The van der Waals surface area contributed by atoms with Gasteiger partial charge in [0, 0.05) is 69.3 Å². The van der Waals surface area contributed by atoms with E-state index in [1.165, 1.54) is 6.07 Å². The zero-order valence-electron chi connectivity index (χ0n) is 27.4. The molecule has 2 saturated heterocycles. The molecule has 1 atom stereocenters. The summed E-state index contributed by atoms with van der Waals surface area (Å²) in [4.78, 5) is 50.4. The van der Waals surface area contributed by atoms with E-state index in [4.69, 9.17) is 17.3 Å². The van der Waals surface area contributed by atoms with Gasteiger partial charge in [-0.25, -0.2) is 9.78 Å². The molecule has 10 nitrogen and oxygen atoms in total. The highest BCUT2D eigenvalue weighted by Crippen LogP contribution is 2.39. The Kier molecular flexibility index (Phi) is 10.1. The molecule has 49 heavy (non-hydrogen) atoms. The van der Waals surface area contributed by atoms with Crippen molar-refractivity contribution in [2.24, 2.45) is 5.92 Å². The van der Waals surface area contributed by atoms with Crippen molar-refractivity contribution in [1.29, 1.82) is 0 Å².